The molecule has 4 rings (SSSR count). The largest absolute Gasteiger partial charge is 0.361 e. The minimum atomic E-state index is -1.88. The van der Waals surface area contributed by atoms with Crippen molar-refractivity contribution in [1.82, 2.24) is 0 Å². The number of thioether (sulfide) groups is 1. The summed E-state index contributed by atoms with van der Waals surface area (Å²) in [6.07, 6.45) is 0. The Bertz CT molecular complexity index is 1000. The third kappa shape index (κ3) is 3.40. The molecule has 2 unspecified atom stereocenters. The first kappa shape index (κ1) is 18.6. The van der Waals surface area contributed by atoms with Gasteiger partial charge in [0.15, 0.2) is 11.6 Å². The highest BCUT2D eigenvalue weighted by atomic mass is 32.2. The van der Waals surface area contributed by atoms with Gasteiger partial charge in [-0.25, -0.2) is 0 Å². The number of ether oxygens (including phenoxy) is 1. The van der Waals surface area contributed by atoms with Crippen LogP contribution in [0.5, 0.6) is 0 Å². The Morgan fingerprint density at radius 1 is 0.857 bits per heavy atom. The Hall–Kier alpha value is -2.73. The zero-order chi connectivity index (χ0) is 19.6. The van der Waals surface area contributed by atoms with E-state index in [4.69, 9.17) is 4.74 Å². The number of ketones is 2. The molecule has 0 spiro atoms. The molecular weight excluding hydrogens is 372 g/mol. The smallest absolute Gasteiger partial charge is 0.214 e. The van der Waals surface area contributed by atoms with Crippen LogP contribution < -0.4 is 0 Å². The quantitative estimate of drug-likeness (QED) is 0.507. The molecule has 4 nitrogen and oxygen atoms in total. The minimum absolute atomic E-state index is 0.239. The van der Waals surface area contributed by atoms with Crippen LogP contribution in [0.2, 0.25) is 0 Å². The van der Waals surface area contributed by atoms with E-state index < -0.39 is 11.0 Å². The zero-order valence-electron chi connectivity index (χ0n) is 14.9. The average Bonchev–Trinajstić information content (AvgIpc) is 3.06. The standard InChI is InChI=1S/C23H18O4S/c24-19(16-9-3-1-4-10-16)15-27-23(26)18-13-7-8-14-20(18)28-22(23)21(25)17-11-5-2-6-12-17/h1-14,22,26H,15H2. The SMILES string of the molecule is O=C(COC1(O)c2ccccc2SC1C(=O)c1ccccc1)c1ccccc1. The zero-order valence-corrected chi connectivity index (χ0v) is 15.8. The summed E-state index contributed by atoms with van der Waals surface area (Å²) in [5.74, 6) is -2.37. The molecule has 3 aromatic carbocycles. The van der Waals surface area contributed by atoms with Crippen molar-refractivity contribution in [3.63, 3.8) is 0 Å². The first-order valence-corrected chi connectivity index (χ1v) is 9.77. The minimum Gasteiger partial charge on any atom is -0.361 e. The Morgan fingerprint density at radius 2 is 1.43 bits per heavy atom. The van der Waals surface area contributed by atoms with Crippen molar-refractivity contribution in [3.05, 3.63) is 102 Å². The van der Waals surface area contributed by atoms with Gasteiger partial charge < -0.3 is 9.84 Å². The highest BCUT2D eigenvalue weighted by Crippen LogP contribution is 2.49. The normalized spacial score (nSPS) is 20.5. The van der Waals surface area contributed by atoms with Crippen molar-refractivity contribution in [1.29, 1.82) is 0 Å². The number of benzene rings is 3. The van der Waals surface area contributed by atoms with Gasteiger partial charge >= 0.3 is 0 Å². The van der Waals surface area contributed by atoms with E-state index in [1.165, 1.54) is 11.8 Å². The fourth-order valence-electron chi connectivity index (χ4n) is 3.23. The molecule has 0 bridgehead atoms. The van der Waals surface area contributed by atoms with Gasteiger partial charge in [-0.1, -0.05) is 78.9 Å². The van der Waals surface area contributed by atoms with Gasteiger partial charge in [-0.15, -0.1) is 11.8 Å². The molecule has 0 radical (unpaired) electrons. The van der Waals surface area contributed by atoms with Crippen molar-refractivity contribution in [2.75, 3.05) is 6.61 Å². The van der Waals surface area contributed by atoms with Crippen LogP contribution in [0.4, 0.5) is 0 Å². The number of Topliss-reactive ketones (excluding diaryl/α,β-unsaturated/α-hetero) is 2. The van der Waals surface area contributed by atoms with E-state index >= 15 is 0 Å². The van der Waals surface area contributed by atoms with Crippen molar-refractivity contribution >= 4 is 23.3 Å². The summed E-state index contributed by atoms with van der Waals surface area (Å²) in [4.78, 5) is 26.3. The molecule has 0 aliphatic carbocycles. The number of carbonyl (C=O) groups is 2. The van der Waals surface area contributed by atoms with Crippen LogP contribution in [0, 0.1) is 0 Å². The number of fused-ring (bicyclic) bond motifs is 1. The molecule has 1 aliphatic rings. The van der Waals surface area contributed by atoms with Gasteiger partial charge in [0.25, 0.3) is 0 Å². The molecule has 140 valence electrons. The first-order valence-electron chi connectivity index (χ1n) is 8.89. The molecular formula is C23H18O4S. The summed E-state index contributed by atoms with van der Waals surface area (Å²) in [5, 5.41) is 10.5. The fraction of sp³-hybridized carbons (Fsp3) is 0.130. The Balaban J connectivity index is 1.63. The number of rotatable bonds is 6. The van der Waals surface area contributed by atoms with Crippen LogP contribution >= 0.6 is 11.8 Å². The van der Waals surface area contributed by atoms with Crippen LogP contribution in [0.1, 0.15) is 26.3 Å². The van der Waals surface area contributed by atoms with Crippen molar-refractivity contribution < 1.29 is 19.4 Å². The molecule has 0 saturated heterocycles. The van der Waals surface area contributed by atoms with Crippen molar-refractivity contribution in [3.8, 4) is 0 Å². The maximum atomic E-state index is 13.1. The van der Waals surface area contributed by atoms with Gasteiger partial charge in [0.1, 0.15) is 11.9 Å². The second-order valence-corrected chi connectivity index (χ2v) is 7.65. The summed E-state index contributed by atoms with van der Waals surface area (Å²) >= 11 is 1.26. The van der Waals surface area contributed by atoms with E-state index in [0.717, 1.165) is 4.90 Å². The second kappa shape index (κ2) is 7.72. The molecule has 1 N–H and O–H groups in total. The number of hydrogen-bond acceptors (Lipinski definition) is 5. The van der Waals surface area contributed by atoms with Gasteiger partial charge in [-0.3, -0.25) is 9.59 Å². The van der Waals surface area contributed by atoms with E-state index in [9.17, 15) is 14.7 Å². The summed E-state index contributed by atoms with van der Waals surface area (Å²) in [5.41, 5.74) is 1.50. The third-order valence-corrected chi connectivity index (χ3v) is 6.07. The average molecular weight is 390 g/mol. The third-order valence-electron chi connectivity index (χ3n) is 4.69. The highest BCUT2D eigenvalue weighted by molar-refractivity contribution is 8.01. The first-order chi connectivity index (χ1) is 13.6. The lowest BCUT2D eigenvalue weighted by Gasteiger charge is -2.29. The van der Waals surface area contributed by atoms with E-state index in [2.05, 4.69) is 0 Å². The lowest BCUT2D eigenvalue weighted by molar-refractivity contribution is -0.196. The van der Waals surface area contributed by atoms with E-state index in [1.807, 2.05) is 24.3 Å². The lowest BCUT2D eigenvalue weighted by atomic mass is 9.96. The van der Waals surface area contributed by atoms with Gasteiger partial charge in [0.05, 0.1) is 0 Å². The van der Waals surface area contributed by atoms with Crippen LogP contribution in [0.3, 0.4) is 0 Å². The van der Waals surface area contributed by atoms with E-state index in [1.54, 1.807) is 60.7 Å². The Morgan fingerprint density at radius 3 is 2.11 bits per heavy atom. The topological polar surface area (TPSA) is 63.6 Å². The molecule has 5 heteroatoms. The number of hydrogen-bond donors (Lipinski definition) is 1. The van der Waals surface area contributed by atoms with Gasteiger partial charge in [0, 0.05) is 21.6 Å². The van der Waals surface area contributed by atoms with Crippen LogP contribution in [0.15, 0.2) is 89.8 Å². The number of carbonyl (C=O) groups excluding carboxylic acids is 2. The summed E-state index contributed by atoms with van der Waals surface area (Å²) in [6, 6.07) is 24.7. The molecule has 0 fully saturated rings. The van der Waals surface area contributed by atoms with Crippen LogP contribution in [-0.4, -0.2) is 28.5 Å². The summed E-state index contributed by atoms with van der Waals surface area (Å²) < 4.78 is 5.75. The monoisotopic (exact) mass is 390 g/mol. The van der Waals surface area contributed by atoms with Crippen LogP contribution in [0.25, 0.3) is 0 Å². The number of aliphatic hydroxyl groups is 1. The summed E-state index contributed by atoms with van der Waals surface area (Å²) in [7, 11) is 0. The van der Waals surface area contributed by atoms with Crippen molar-refractivity contribution in [2.45, 2.75) is 15.9 Å². The van der Waals surface area contributed by atoms with E-state index in [-0.39, 0.29) is 18.2 Å². The molecule has 0 aromatic heterocycles. The Labute approximate surface area is 167 Å². The highest BCUT2D eigenvalue weighted by Gasteiger charge is 2.51. The van der Waals surface area contributed by atoms with E-state index in [0.29, 0.717) is 16.7 Å². The molecule has 2 atom stereocenters. The molecule has 28 heavy (non-hydrogen) atoms. The lowest BCUT2D eigenvalue weighted by Crippen LogP contribution is -2.43. The molecule has 0 amide bonds. The molecule has 1 heterocycles. The maximum Gasteiger partial charge on any atom is 0.214 e. The second-order valence-electron chi connectivity index (χ2n) is 6.50. The van der Waals surface area contributed by atoms with Gasteiger partial charge in [-0.2, -0.15) is 0 Å². The fourth-order valence-corrected chi connectivity index (χ4v) is 4.58. The van der Waals surface area contributed by atoms with Gasteiger partial charge in [-0.05, 0) is 6.07 Å². The van der Waals surface area contributed by atoms with Crippen molar-refractivity contribution in [2.24, 2.45) is 0 Å². The summed E-state index contributed by atoms with van der Waals surface area (Å²) in [6.45, 7) is -0.325. The predicted molar refractivity (Wildman–Crippen MR) is 107 cm³/mol. The molecule has 3 aromatic rings. The van der Waals surface area contributed by atoms with Crippen LogP contribution in [-0.2, 0) is 10.5 Å². The molecule has 1 aliphatic heterocycles. The maximum absolute atomic E-state index is 13.1. The van der Waals surface area contributed by atoms with Gasteiger partial charge in [0.2, 0.25) is 5.79 Å². The predicted octanol–water partition coefficient (Wildman–Crippen LogP) is 4.09. The molecule has 0 saturated carbocycles. The Kier molecular flexibility index (Phi) is 5.13.